The SMILES string of the molecule is CCCN1CC[C@@H](CNc2ccc(C#N)nc2)C1. The lowest BCUT2D eigenvalue weighted by atomic mass is 10.1. The van der Waals surface area contributed by atoms with Crippen molar-refractivity contribution in [1.82, 2.24) is 9.88 Å². The van der Waals surface area contributed by atoms with Gasteiger partial charge >= 0.3 is 0 Å². The van der Waals surface area contributed by atoms with Crippen LogP contribution in [0.2, 0.25) is 0 Å². The molecule has 0 bridgehead atoms. The van der Waals surface area contributed by atoms with Crippen molar-refractivity contribution >= 4 is 5.69 Å². The van der Waals surface area contributed by atoms with E-state index >= 15 is 0 Å². The van der Waals surface area contributed by atoms with Crippen LogP contribution < -0.4 is 5.32 Å². The van der Waals surface area contributed by atoms with Crippen LogP contribution in [0.25, 0.3) is 0 Å². The summed E-state index contributed by atoms with van der Waals surface area (Å²) in [6.45, 7) is 6.87. The molecular formula is C14H20N4. The van der Waals surface area contributed by atoms with Gasteiger partial charge in [-0.25, -0.2) is 4.98 Å². The van der Waals surface area contributed by atoms with Crippen molar-refractivity contribution in [2.24, 2.45) is 5.92 Å². The first-order chi connectivity index (χ1) is 8.81. The Morgan fingerprint density at radius 1 is 1.56 bits per heavy atom. The Morgan fingerprint density at radius 2 is 2.44 bits per heavy atom. The van der Waals surface area contributed by atoms with Crippen molar-refractivity contribution in [3.8, 4) is 6.07 Å². The first-order valence-electron chi connectivity index (χ1n) is 6.64. The zero-order valence-corrected chi connectivity index (χ0v) is 10.9. The molecule has 1 N–H and O–H groups in total. The van der Waals surface area contributed by atoms with Crippen LogP contribution in [0, 0.1) is 17.2 Å². The molecule has 0 radical (unpaired) electrons. The lowest BCUT2D eigenvalue weighted by molar-refractivity contribution is 0.327. The van der Waals surface area contributed by atoms with Gasteiger partial charge in [-0.05, 0) is 44.0 Å². The Balaban J connectivity index is 1.76. The Morgan fingerprint density at radius 3 is 3.11 bits per heavy atom. The maximum atomic E-state index is 8.67. The van der Waals surface area contributed by atoms with E-state index < -0.39 is 0 Å². The molecule has 1 saturated heterocycles. The van der Waals surface area contributed by atoms with Crippen LogP contribution in [-0.2, 0) is 0 Å². The van der Waals surface area contributed by atoms with Gasteiger partial charge in [0.2, 0.25) is 0 Å². The molecular weight excluding hydrogens is 224 g/mol. The van der Waals surface area contributed by atoms with Crippen LogP contribution >= 0.6 is 0 Å². The van der Waals surface area contributed by atoms with Gasteiger partial charge in [-0.3, -0.25) is 0 Å². The fraction of sp³-hybridized carbons (Fsp3) is 0.571. The summed E-state index contributed by atoms with van der Waals surface area (Å²) in [5.74, 6) is 0.729. The summed E-state index contributed by atoms with van der Waals surface area (Å²) >= 11 is 0. The summed E-state index contributed by atoms with van der Waals surface area (Å²) in [4.78, 5) is 6.58. The average molecular weight is 244 g/mol. The molecule has 1 aromatic rings. The van der Waals surface area contributed by atoms with Gasteiger partial charge in [0.15, 0.2) is 0 Å². The van der Waals surface area contributed by atoms with E-state index in [1.54, 1.807) is 12.3 Å². The highest BCUT2D eigenvalue weighted by Crippen LogP contribution is 2.17. The summed E-state index contributed by atoms with van der Waals surface area (Å²) in [7, 11) is 0. The van der Waals surface area contributed by atoms with Crippen LogP contribution in [0.5, 0.6) is 0 Å². The van der Waals surface area contributed by atoms with E-state index in [1.807, 2.05) is 12.1 Å². The number of anilines is 1. The highest BCUT2D eigenvalue weighted by Gasteiger charge is 2.21. The molecule has 1 aliphatic rings. The smallest absolute Gasteiger partial charge is 0.140 e. The number of pyridine rings is 1. The van der Waals surface area contributed by atoms with E-state index in [9.17, 15) is 0 Å². The minimum absolute atomic E-state index is 0.468. The third kappa shape index (κ3) is 3.44. The number of nitrogens with zero attached hydrogens (tertiary/aromatic N) is 3. The molecule has 0 spiro atoms. The van der Waals surface area contributed by atoms with Crippen LogP contribution in [-0.4, -0.2) is 36.1 Å². The molecule has 0 unspecified atom stereocenters. The Kier molecular flexibility index (Phi) is 4.54. The van der Waals surface area contributed by atoms with Crippen molar-refractivity contribution in [3.63, 3.8) is 0 Å². The maximum Gasteiger partial charge on any atom is 0.140 e. The summed E-state index contributed by atoms with van der Waals surface area (Å²) < 4.78 is 0. The Labute approximate surface area is 109 Å². The first-order valence-corrected chi connectivity index (χ1v) is 6.64. The standard InChI is InChI=1S/C14H20N4/c1-2-6-18-7-5-12(11-18)9-16-14-4-3-13(8-15)17-10-14/h3-4,10,12,16H,2,5-7,9,11H2,1H3/t12-/m0/s1. The highest BCUT2D eigenvalue weighted by molar-refractivity contribution is 5.42. The van der Waals surface area contributed by atoms with Crippen LogP contribution in [0.4, 0.5) is 5.69 Å². The number of rotatable bonds is 5. The number of hydrogen-bond donors (Lipinski definition) is 1. The lowest BCUT2D eigenvalue weighted by Gasteiger charge is -2.15. The highest BCUT2D eigenvalue weighted by atomic mass is 15.1. The van der Waals surface area contributed by atoms with Crippen molar-refractivity contribution in [2.75, 3.05) is 31.5 Å². The third-order valence-electron chi connectivity index (χ3n) is 3.38. The lowest BCUT2D eigenvalue weighted by Crippen LogP contribution is -2.23. The van der Waals surface area contributed by atoms with Crippen LogP contribution in [0.15, 0.2) is 18.3 Å². The van der Waals surface area contributed by atoms with Crippen molar-refractivity contribution in [1.29, 1.82) is 5.26 Å². The summed E-state index contributed by atoms with van der Waals surface area (Å²) in [6.07, 6.45) is 4.24. The largest absolute Gasteiger partial charge is 0.383 e. The third-order valence-corrected chi connectivity index (χ3v) is 3.38. The quantitative estimate of drug-likeness (QED) is 0.861. The van der Waals surface area contributed by atoms with Gasteiger partial charge in [-0.2, -0.15) is 5.26 Å². The molecule has 96 valence electrons. The van der Waals surface area contributed by atoms with Gasteiger partial charge in [0.25, 0.3) is 0 Å². The molecule has 1 aromatic heterocycles. The fourth-order valence-corrected chi connectivity index (χ4v) is 2.43. The number of hydrogen-bond acceptors (Lipinski definition) is 4. The number of nitrogens with one attached hydrogen (secondary N) is 1. The molecule has 1 fully saturated rings. The topological polar surface area (TPSA) is 52.0 Å². The second-order valence-electron chi connectivity index (χ2n) is 4.88. The number of aromatic nitrogens is 1. The van der Waals surface area contributed by atoms with Gasteiger partial charge in [0.05, 0.1) is 11.9 Å². The van der Waals surface area contributed by atoms with E-state index in [0.29, 0.717) is 5.69 Å². The fourth-order valence-electron chi connectivity index (χ4n) is 2.43. The second kappa shape index (κ2) is 6.36. The van der Waals surface area contributed by atoms with Crippen molar-refractivity contribution in [2.45, 2.75) is 19.8 Å². The zero-order chi connectivity index (χ0) is 12.8. The predicted octanol–water partition coefficient (Wildman–Crippen LogP) is 2.10. The van der Waals surface area contributed by atoms with E-state index in [4.69, 9.17) is 5.26 Å². The van der Waals surface area contributed by atoms with Crippen molar-refractivity contribution in [3.05, 3.63) is 24.0 Å². The van der Waals surface area contributed by atoms with Gasteiger partial charge in [-0.15, -0.1) is 0 Å². The van der Waals surface area contributed by atoms with E-state index in [0.717, 1.165) is 18.2 Å². The molecule has 0 amide bonds. The van der Waals surface area contributed by atoms with E-state index in [1.165, 1.54) is 32.5 Å². The Bertz CT molecular complexity index is 407. The zero-order valence-electron chi connectivity index (χ0n) is 10.9. The van der Waals surface area contributed by atoms with Gasteiger partial charge < -0.3 is 10.2 Å². The molecule has 1 atom stereocenters. The van der Waals surface area contributed by atoms with Crippen LogP contribution in [0.1, 0.15) is 25.5 Å². The van der Waals surface area contributed by atoms with E-state index in [2.05, 4.69) is 22.1 Å². The van der Waals surface area contributed by atoms with E-state index in [-0.39, 0.29) is 0 Å². The molecule has 0 aliphatic carbocycles. The number of nitriles is 1. The summed E-state index contributed by atoms with van der Waals surface area (Å²) in [5.41, 5.74) is 1.47. The molecule has 18 heavy (non-hydrogen) atoms. The average Bonchev–Trinajstić information content (AvgIpc) is 2.85. The summed E-state index contributed by atoms with van der Waals surface area (Å²) in [5, 5.41) is 12.1. The molecule has 1 aliphatic heterocycles. The Hall–Kier alpha value is -1.60. The van der Waals surface area contributed by atoms with Gasteiger partial charge in [0.1, 0.15) is 11.8 Å². The second-order valence-corrected chi connectivity index (χ2v) is 4.88. The molecule has 2 rings (SSSR count). The maximum absolute atomic E-state index is 8.67. The molecule has 0 aromatic carbocycles. The summed E-state index contributed by atoms with van der Waals surface area (Å²) in [6, 6.07) is 5.70. The van der Waals surface area contributed by atoms with Crippen molar-refractivity contribution < 1.29 is 0 Å². The van der Waals surface area contributed by atoms with Gasteiger partial charge in [-0.1, -0.05) is 6.92 Å². The monoisotopic (exact) mass is 244 g/mol. The molecule has 0 saturated carbocycles. The molecule has 4 nitrogen and oxygen atoms in total. The first kappa shape index (κ1) is 12.8. The molecule has 2 heterocycles. The number of likely N-dealkylation sites (tertiary alicyclic amines) is 1. The minimum atomic E-state index is 0.468. The van der Waals surface area contributed by atoms with Gasteiger partial charge in [0, 0.05) is 13.1 Å². The van der Waals surface area contributed by atoms with Crippen LogP contribution in [0.3, 0.4) is 0 Å². The molecule has 4 heteroatoms. The normalized spacial score (nSPS) is 19.7. The predicted molar refractivity (Wildman–Crippen MR) is 72.3 cm³/mol. The minimum Gasteiger partial charge on any atom is -0.383 e.